The number of amides is 2. The standard InChI is InChI=1S/C19H18F2N2O2S/c20-15-3-1-14(2-4-15)19(25)23-11-9-22(10-12-23)18(24)13-26-17-7-5-16(21)6-8-17/h1-8H,9-13H2. The van der Waals surface area contributed by atoms with Crippen LogP contribution < -0.4 is 0 Å². The lowest BCUT2D eigenvalue weighted by Crippen LogP contribution is -2.51. The van der Waals surface area contributed by atoms with E-state index < -0.39 is 0 Å². The molecule has 4 nitrogen and oxygen atoms in total. The van der Waals surface area contributed by atoms with Gasteiger partial charge in [0.1, 0.15) is 11.6 Å². The van der Waals surface area contributed by atoms with Crippen molar-refractivity contribution in [1.82, 2.24) is 9.80 Å². The first kappa shape index (κ1) is 18.4. The zero-order valence-electron chi connectivity index (χ0n) is 14.0. The number of carbonyl (C=O) groups excluding carboxylic acids is 2. The molecule has 2 aromatic rings. The van der Waals surface area contributed by atoms with Crippen LogP contribution in [0.2, 0.25) is 0 Å². The average molecular weight is 376 g/mol. The SMILES string of the molecule is O=C(CSc1ccc(F)cc1)N1CCN(C(=O)c2ccc(F)cc2)CC1. The maximum Gasteiger partial charge on any atom is 0.253 e. The molecular formula is C19H18F2N2O2S. The molecule has 0 aromatic heterocycles. The first-order valence-electron chi connectivity index (χ1n) is 8.24. The van der Waals surface area contributed by atoms with E-state index in [2.05, 4.69) is 0 Å². The molecule has 0 radical (unpaired) electrons. The Balaban J connectivity index is 1.48. The van der Waals surface area contributed by atoms with E-state index >= 15 is 0 Å². The average Bonchev–Trinajstić information content (AvgIpc) is 2.67. The topological polar surface area (TPSA) is 40.6 Å². The van der Waals surface area contributed by atoms with Gasteiger partial charge in [-0.05, 0) is 48.5 Å². The van der Waals surface area contributed by atoms with Crippen molar-refractivity contribution in [2.45, 2.75) is 4.90 Å². The number of hydrogen-bond donors (Lipinski definition) is 0. The lowest BCUT2D eigenvalue weighted by atomic mass is 10.2. The Morgan fingerprint density at radius 3 is 1.88 bits per heavy atom. The number of rotatable bonds is 4. The molecule has 1 heterocycles. The highest BCUT2D eigenvalue weighted by molar-refractivity contribution is 8.00. The van der Waals surface area contributed by atoms with Gasteiger partial charge in [-0.1, -0.05) is 0 Å². The summed E-state index contributed by atoms with van der Waals surface area (Å²) >= 11 is 1.36. The van der Waals surface area contributed by atoms with Crippen molar-refractivity contribution in [2.75, 3.05) is 31.9 Å². The van der Waals surface area contributed by atoms with E-state index in [-0.39, 0.29) is 29.2 Å². The fraction of sp³-hybridized carbons (Fsp3) is 0.263. The van der Waals surface area contributed by atoms with Crippen LogP contribution in [0.1, 0.15) is 10.4 Å². The molecule has 136 valence electrons. The Morgan fingerprint density at radius 1 is 0.808 bits per heavy atom. The fourth-order valence-electron chi connectivity index (χ4n) is 2.70. The van der Waals surface area contributed by atoms with Gasteiger partial charge in [0.2, 0.25) is 5.91 Å². The molecule has 0 bridgehead atoms. The predicted octanol–water partition coefficient (Wildman–Crippen LogP) is 3.04. The van der Waals surface area contributed by atoms with E-state index in [1.54, 1.807) is 21.9 Å². The molecule has 7 heteroatoms. The molecular weight excluding hydrogens is 358 g/mol. The Kier molecular flexibility index (Phi) is 5.88. The van der Waals surface area contributed by atoms with Crippen LogP contribution in [0, 0.1) is 11.6 Å². The van der Waals surface area contributed by atoms with Crippen molar-refractivity contribution in [2.24, 2.45) is 0 Å². The van der Waals surface area contributed by atoms with E-state index in [9.17, 15) is 18.4 Å². The van der Waals surface area contributed by atoms with Crippen LogP contribution in [-0.4, -0.2) is 53.5 Å². The summed E-state index contributed by atoms with van der Waals surface area (Å²) in [6, 6.07) is 11.5. The van der Waals surface area contributed by atoms with Crippen molar-refractivity contribution < 1.29 is 18.4 Å². The second-order valence-corrected chi connectivity index (χ2v) is 6.97. The Bertz CT molecular complexity index is 773. The molecule has 1 fully saturated rings. The quantitative estimate of drug-likeness (QED) is 0.770. The number of hydrogen-bond acceptors (Lipinski definition) is 3. The van der Waals surface area contributed by atoms with Gasteiger partial charge in [-0.15, -0.1) is 11.8 Å². The molecule has 0 saturated carbocycles. The number of halogens is 2. The fourth-order valence-corrected chi connectivity index (χ4v) is 3.50. The summed E-state index contributed by atoms with van der Waals surface area (Å²) in [5.74, 6) is -0.568. The van der Waals surface area contributed by atoms with E-state index in [0.717, 1.165) is 4.90 Å². The predicted molar refractivity (Wildman–Crippen MR) is 96.0 cm³/mol. The van der Waals surface area contributed by atoms with E-state index in [1.165, 1.54) is 48.2 Å². The third-order valence-corrected chi connectivity index (χ3v) is 5.18. The molecule has 26 heavy (non-hydrogen) atoms. The van der Waals surface area contributed by atoms with Crippen LogP contribution in [0.4, 0.5) is 8.78 Å². The second kappa shape index (κ2) is 8.31. The molecule has 0 N–H and O–H groups in total. The van der Waals surface area contributed by atoms with Crippen molar-refractivity contribution in [3.63, 3.8) is 0 Å². The third-order valence-electron chi connectivity index (χ3n) is 4.19. The van der Waals surface area contributed by atoms with Crippen molar-refractivity contribution in [3.8, 4) is 0 Å². The first-order valence-corrected chi connectivity index (χ1v) is 9.22. The van der Waals surface area contributed by atoms with Crippen LogP contribution in [-0.2, 0) is 4.79 Å². The minimum atomic E-state index is -0.379. The molecule has 1 aliphatic rings. The minimum absolute atomic E-state index is 0.00629. The Labute approximate surface area is 154 Å². The largest absolute Gasteiger partial charge is 0.338 e. The van der Waals surface area contributed by atoms with Crippen LogP contribution in [0.5, 0.6) is 0 Å². The summed E-state index contributed by atoms with van der Waals surface area (Å²) in [5, 5.41) is 0. The maximum absolute atomic E-state index is 13.0. The smallest absolute Gasteiger partial charge is 0.253 e. The molecule has 3 rings (SSSR count). The number of nitrogens with zero attached hydrogens (tertiary/aromatic N) is 2. The Morgan fingerprint density at radius 2 is 1.31 bits per heavy atom. The zero-order valence-corrected chi connectivity index (χ0v) is 14.8. The van der Waals surface area contributed by atoms with Gasteiger partial charge in [-0.2, -0.15) is 0 Å². The molecule has 0 atom stereocenters. The lowest BCUT2D eigenvalue weighted by molar-refractivity contribution is -0.129. The van der Waals surface area contributed by atoms with Crippen LogP contribution in [0.25, 0.3) is 0 Å². The summed E-state index contributed by atoms with van der Waals surface area (Å²) in [6.45, 7) is 1.83. The highest BCUT2D eigenvalue weighted by Gasteiger charge is 2.24. The van der Waals surface area contributed by atoms with Gasteiger partial charge in [0.25, 0.3) is 5.91 Å². The van der Waals surface area contributed by atoms with Gasteiger partial charge in [0.05, 0.1) is 5.75 Å². The summed E-state index contributed by atoms with van der Waals surface area (Å²) in [7, 11) is 0. The molecule has 0 aliphatic carbocycles. The third kappa shape index (κ3) is 4.60. The normalized spacial score (nSPS) is 14.4. The van der Waals surface area contributed by atoms with Gasteiger partial charge in [-0.25, -0.2) is 8.78 Å². The van der Waals surface area contributed by atoms with Crippen LogP contribution in [0.3, 0.4) is 0 Å². The van der Waals surface area contributed by atoms with Gasteiger partial charge < -0.3 is 9.80 Å². The highest BCUT2D eigenvalue weighted by Crippen LogP contribution is 2.19. The van der Waals surface area contributed by atoms with E-state index in [1.807, 2.05) is 0 Å². The van der Waals surface area contributed by atoms with Gasteiger partial charge in [0, 0.05) is 36.6 Å². The molecule has 1 saturated heterocycles. The molecule has 0 unspecified atom stereocenters. The number of carbonyl (C=O) groups is 2. The van der Waals surface area contributed by atoms with Crippen molar-refractivity contribution in [3.05, 3.63) is 65.7 Å². The van der Waals surface area contributed by atoms with Gasteiger partial charge in [0.15, 0.2) is 0 Å². The number of thioether (sulfide) groups is 1. The number of benzene rings is 2. The van der Waals surface area contributed by atoms with Crippen molar-refractivity contribution >= 4 is 23.6 Å². The monoisotopic (exact) mass is 376 g/mol. The van der Waals surface area contributed by atoms with Crippen molar-refractivity contribution in [1.29, 1.82) is 0 Å². The summed E-state index contributed by atoms with van der Waals surface area (Å²) in [6.07, 6.45) is 0. The van der Waals surface area contributed by atoms with Gasteiger partial charge >= 0.3 is 0 Å². The van der Waals surface area contributed by atoms with E-state index in [0.29, 0.717) is 31.7 Å². The molecule has 2 aromatic carbocycles. The molecule has 1 aliphatic heterocycles. The summed E-state index contributed by atoms with van der Waals surface area (Å²) in [5.41, 5.74) is 0.443. The maximum atomic E-state index is 13.0. The molecule has 0 spiro atoms. The zero-order chi connectivity index (χ0) is 18.5. The first-order chi connectivity index (χ1) is 12.5. The lowest BCUT2D eigenvalue weighted by Gasteiger charge is -2.34. The van der Waals surface area contributed by atoms with E-state index in [4.69, 9.17) is 0 Å². The molecule has 2 amide bonds. The van der Waals surface area contributed by atoms with Gasteiger partial charge in [-0.3, -0.25) is 9.59 Å². The Hall–Kier alpha value is -2.41. The number of piperazine rings is 1. The van der Waals surface area contributed by atoms with Crippen LogP contribution >= 0.6 is 11.8 Å². The summed E-state index contributed by atoms with van der Waals surface area (Å²) < 4.78 is 25.8. The minimum Gasteiger partial charge on any atom is -0.338 e. The highest BCUT2D eigenvalue weighted by atomic mass is 32.2. The second-order valence-electron chi connectivity index (χ2n) is 5.92. The summed E-state index contributed by atoms with van der Waals surface area (Å²) in [4.78, 5) is 28.9. The van der Waals surface area contributed by atoms with Crippen LogP contribution in [0.15, 0.2) is 53.4 Å².